The fourth-order valence-corrected chi connectivity index (χ4v) is 3.67. The summed E-state index contributed by atoms with van der Waals surface area (Å²) < 4.78 is 10.3. The first-order valence-electron chi connectivity index (χ1n) is 10.9. The van der Waals surface area contributed by atoms with Crippen LogP contribution < -0.4 is 0 Å². The number of hydrogen-bond donors (Lipinski definition) is 2. The van der Waals surface area contributed by atoms with E-state index in [2.05, 4.69) is 6.92 Å². The Morgan fingerprint density at radius 2 is 1.97 bits per heavy atom. The summed E-state index contributed by atoms with van der Waals surface area (Å²) in [5.41, 5.74) is 0.856. The van der Waals surface area contributed by atoms with Crippen molar-refractivity contribution in [3.8, 4) is 0 Å². The van der Waals surface area contributed by atoms with Crippen LogP contribution in [0.2, 0.25) is 0 Å². The zero-order valence-electron chi connectivity index (χ0n) is 18.2. The van der Waals surface area contributed by atoms with Crippen LogP contribution >= 0.6 is 0 Å². The molecule has 7 nitrogen and oxygen atoms in total. The van der Waals surface area contributed by atoms with Crippen molar-refractivity contribution < 1.29 is 34.1 Å². The van der Waals surface area contributed by atoms with Gasteiger partial charge in [0.25, 0.3) is 0 Å². The molecule has 3 unspecified atom stereocenters. The monoisotopic (exact) mass is 432 g/mol. The first kappa shape index (κ1) is 24.6. The summed E-state index contributed by atoms with van der Waals surface area (Å²) in [6.45, 7) is 4.06. The quantitative estimate of drug-likeness (QED) is 0.312. The Hall–Kier alpha value is -2.67. The largest absolute Gasteiger partial charge is 0.512 e. The van der Waals surface area contributed by atoms with Crippen molar-refractivity contribution in [2.75, 3.05) is 6.61 Å². The van der Waals surface area contributed by atoms with E-state index in [1.165, 1.54) is 6.07 Å². The smallest absolute Gasteiger partial charge is 0.338 e. The molecule has 1 aliphatic rings. The number of esters is 2. The van der Waals surface area contributed by atoms with Gasteiger partial charge >= 0.3 is 11.9 Å². The lowest BCUT2D eigenvalue weighted by Crippen LogP contribution is -2.32. The summed E-state index contributed by atoms with van der Waals surface area (Å²) in [6, 6.07) is 6.43. The Bertz CT molecular complexity index is 799. The van der Waals surface area contributed by atoms with Gasteiger partial charge in [-0.3, -0.25) is 9.59 Å². The van der Waals surface area contributed by atoms with Gasteiger partial charge in [0, 0.05) is 6.42 Å². The van der Waals surface area contributed by atoms with Crippen molar-refractivity contribution >= 4 is 17.7 Å². The van der Waals surface area contributed by atoms with E-state index in [4.69, 9.17) is 9.47 Å². The molecule has 2 rings (SSSR count). The Labute approximate surface area is 183 Å². The molecular formula is C24H32O7. The number of aliphatic hydroxyl groups is 2. The molecule has 31 heavy (non-hydrogen) atoms. The molecule has 0 spiro atoms. The Morgan fingerprint density at radius 1 is 1.19 bits per heavy atom. The molecule has 1 saturated carbocycles. The molecule has 170 valence electrons. The molecule has 0 radical (unpaired) electrons. The van der Waals surface area contributed by atoms with Gasteiger partial charge in [-0.2, -0.15) is 0 Å². The summed E-state index contributed by atoms with van der Waals surface area (Å²) in [6.07, 6.45) is 3.74. The summed E-state index contributed by atoms with van der Waals surface area (Å²) in [7, 11) is 0. The molecule has 7 heteroatoms. The first-order valence-corrected chi connectivity index (χ1v) is 10.9. The Balaban J connectivity index is 2.01. The lowest BCUT2D eigenvalue weighted by atomic mass is 9.99. The van der Waals surface area contributed by atoms with E-state index in [0.29, 0.717) is 17.5 Å². The molecule has 0 saturated heterocycles. The highest BCUT2D eigenvalue weighted by Crippen LogP contribution is 2.32. The molecule has 1 fully saturated rings. The van der Waals surface area contributed by atoms with Gasteiger partial charge in [-0.25, -0.2) is 4.79 Å². The second-order valence-electron chi connectivity index (χ2n) is 7.75. The number of rotatable bonds is 11. The molecule has 1 aromatic carbocycles. The van der Waals surface area contributed by atoms with Crippen LogP contribution in [0, 0.1) is 5.92 Å². The second kappa shape index (κ2) is 12.2. The van der Waals surface area contributed by atoms with E-state index < -0.39 is 35.8 Å². The number of benzene rings is 1. The summed E-state index contributed by atoms with van der Waals surface area (Å²) in [5, 5.41) is 20.6. The van der Waals surface area contributed by atoms with Crippen LogP contribution in [0.1, 0.15) is 68.3 Å². The van der Waals surface area contributed by atoms with Gasteiger partial charge in [0.15, 0.2) is 11.9 Å². The SMILES string of the molecule is CCCCCC/C=C(\O)C1C(O)CC(=O)C1OC(=O)Cc1cccc(C(=O)OCC)c1. The maximum Gasteiger partial charge on any atom is 0.338 e. The van der Waals surface area contributed by atoms with E-state index in [0.717, 1.165) is 25.7 Å². The zero-order chi connectivity index (χ0) is 22.8. The van der Waals surface area contributed by atoms with Gasteiger partial charge in [-0.15, -0.1) is 0 Å². The fraction of sp³-hybridized carbons (Fsp3) is 0.542. The Kier molecular flexibility index (Phi) is 9.72. The number of Topliss-reactive ketones (excluding diaryl/α,β-unsaturated/α-hetero) is 1. The number of ketones is 1. The van der Waals surface area contributed by atoms with Crippen molar-refractivity contribution in [2.24, 2.45) is 5.92 Å². The minimum absolute atomic E-state index is 0.114. The van der Waals surface area contributed by atoms with Gasteiger partial charge < -0.3 is 19.7 Å². The fourth-order valence-electron chi connectivity index (χ4n) is 3.67. The molecule has 0 heterocycles. The standard InChI is InChI=1S/C24H32O7/c1-3-5-6-7-8-12-18(25)22-19(26)15-20(27)23(22)31-21(28)14-16-10-9-11-17(13-16)24(29)30-4-2/h9-13,19,22-23,25-26H,3-8,14-15H2,1-2H3/b18-12-. The van der Waals surface area contributed by atoms with Gasteiger partial charge in [0.05, 0.1) is 36.4 Å². The van der Waals surface area contributed by atoms with Gasteiger partial charge in [0.1, 0.15) is 0 Å². The van der Waals surface area contributed by atoms with Crippen LogP contribution in [0.4, 0.5) is 0 Å². The van der Waals surface area contributed by atoms with Gasteiger partial charge in [-0.1, -0.05) is 38.3 Å². The van der Waals surface area contributed by atoms with Crippen molar-refractivity contribution in [3.05, 3.63) is 47.2 Å². The minimum atomic E-state index is -1.22. The minimum Gasteiger partial charge on any atom is -0.512 e. The number of allylic oxidation sites excluding steroid dienone is 1. The topological polar surface area (TPSA) is 110 Å². The molecule has 0 aromatic heterocycles. The molecule has 2 N–H and O–H groups in total. The van der Waals surface area contributed by atoms with Gasteiger partial charge in [0.2, 0.25) is 0 Å². The van der Waals surface area contributed by atoms with E-state index in [1.807, 2.05) is 0 Å². The van der Waals surface area contributed by atoms with E-state index in [-0.39, 0.29) is 25.2 Å². The number of carbonyl (C=O) groups is 3. The second-order valence-corrected chi connectivity index (χ2v) is 7.75. The summed E-state index contributed by atoms with van der Waals surface area (Å²) in [5.74, 6) is -2.64. The van der Waals surface area contributed by atoms with Crippen LogP contribution in [-0.4, -0.2) is 46.7 Å². The van der Waals surface area contributed by atoms with Gasteiger partial charge in [-0.05, 0) is 43.5 Å². The third-order valence-corrected chi connectivity index (χ3v) is 5.27. The van der Waals surface area contributed by atoms with E-state index in [9.17, 15) is 24.6 Å². The molecule has 1 aromatic rings. The molecule has 3 atom stereocenters. The molecule has 0 aliphatic heterocycles. The summed E-state index contributed by atoms with van der Waals surface area (Å²) >= 11 is 0. The third kappa shape index (κ3) is 7.21. The Morgan fingerprint density at radius 3 is 2.68 bits per heavy atom. The normalized spacial score (nSPS) is 21.2. The predicted octanol–water partition coefficient (Wildman–Crippen LogP) is 3.68. The number of unbranched alkanes of at least 4 members (excludes halogenated alkanes) is 4. The lowest BCUT2D eigenvalue weighted by Gasteiger charge is -2.21. The maximum atomic E-state index is 12.5. The van der Waals surface area contributed by atoms with Crippen LogP contribution in [0.5, 0.6) is 0 Å². The van der Waals surface area contributed by atoms with Crippen molar-refractivity contribution in [1.29, 1.82) is 0 Å². The van der Waals surface area contributed by atoms with Crippen LogP contribution in [-0.2, 0) is 25.5 Å². The number of hydrogen-bond acceptors (Lipinski definition) is 7. The van der Waals surface area contributed by atoms with Crippen molar-refractivity contribution in [3.63, 3.8) is 0 Å². The molecule has 1 aliphatic carbocycles. The summed E-state index contributed by atoms with van der Waals surface area (Å²) in [4.78, 5) is 36.6. The maximum absolute atomic E-state index is 12.5. The van der Waals surface area contributed by atoms with Crippen molar-refractivity contribution in [1.82, 2.24) is 0 Å². The average Bonchev–Trinajstić information content (AvgIpc) is 3.00. The van der Waals surface area contributed by atoms with E-state index in [1.54, 1.807) is 31.2 Å². The third-order valence-electron chi connectivity index (χ3n) is 5.27. The first-order chi connectivity index (χ1) is 14.9. The highest BCUT2D eigenvalue weighted by molar-refractivity contribution is 5.91. The lowest BCUT2D eigenvalue weighted by molar-refractivity contribution is -0.155. The zero-order valence-corrected chi connectivity index (χ0v) is 18.2. The molecule has 0 bridgehead atoms. The molecule has 0 amide bonds. The molecular weight excluding hydrogens is 400 g/mol. The predicted molar refractivity (Wildman–Crippen MR) is 115 cm³/mol. The van der Waals surface area contributed by atoms with E-state index >= 15 is 0 Å². The number of aliphatic hydroxyl groups excluding tert-OH is 2. The van der Waals surface area contributed by atoms with Crippen molar-refractivity contribution in [2.45, 2.75) is 71.0 Å². The number of carbonyl (C=O) groups excluding carboxylic acids is 3. The average molecular weight is 433 g/mol. The highest BCUT2D eigenvalue weighted by atomic mass is 16.6. The highest BCUT2D eigenvalue weighted by Gasteiger charge is 2.46. The van der Waals surface area contributed by atoms with Crippen LogP contribution in [0.15, 0.2) is 36.1 Å². The number of ether oxygens (including phenoxy) is 2. The van der Waals surface area contributed by atoms with Crippen LogP contribution in [0.25, 0.3) is 0 Å². The van der Waals surface area contributed by atoms with Crippen LogP contribution in [0.3, 0.4) is 0 Å².